The lowest BCUT2D eigenvalue weighted by Crippen LogP contribution is -2.56. The number of nitrogens with one attached hydrogen (secondary N) is 1. The van der Waals surface area contributed by atoms with E-state index >= 15 is 0 Å². The largest absolute Gasteiger partial charge is 0.488 e. The first-order valence-electron chi connectivity index (χ1n) is 11.5. The van der Waals surface area contributed by atoms with Crippen molar-refractivity contribution in [3.63, 3.8) is 0 Å². The Bertz CT molecular complexity index is 901. The van der Waals surface area contributed by atoms with Crippen LogP contribution in [0.1, 0.15) is 80.4 Å². The first-order valence-corrected chi connectivity index (χ1v) is 11.5. The van der Waals surface area contributed by atoms with E-state index in [9.17, 15) is 4.79 Å². The lowest BCUT2D eigenvalue weighted by Gasteiger charge is -2.40. The van der Waals surface area contributed by atoms with Crippen LogP contribution in [-0.2, 0) is 10.2 Å². The number of hydrogen-bond donors (Lipinski definition) is 1. The smallest absolute Gasteiger partial charge is 0.318 e. The van der Waals surface area contributed by atoms with Crippen LogP contribution in [-0.4, -0.2) is 23.7 Å². The normalized spacial score (nSPS) is 13.1. The van der Waals surface area contributed by atoms with E-state index in [0.717, 1.165) is 17.9 Å². The Morgan fingerprint density at radius 3 is 1.59 bits per heavy atom. The molecule has 2 aromatic carbocycles. The summed E-state index contributed by atoms with van der Waals surface area (Å²) < 4.78 is 11.7. The van der Waals surface area contributed by atoms with E-state index in [4.69, 9.17) is 9.47 Å². The van der Waals surface area contributed by atoms with Gasteiger partial charge in [0.15, 0.2) is 0 Å². The topological polar surface area (TPSA) is 47.6 Å². The van der Waals surface area contributed by atoms with Gasteiger partial charge in [0.1, 0.15) is 17.1 Å². The summed E-state index contributed by atoms with van der Waals surface area (Å²) in [5, 5.41) is 3.38. The van der Waals surface area contributed by atoms with Crippen molar-refractivity contribution in [1.29, 1.82) is 0 Å². The molecule has 0 unspecified atom stereocenters. The highest BCUT2D eigenvalue weighted by atomic mass is 16.5. The van der Waals surface area contributed by atoms with Crippen LogP contribution in [0.3, 0.4) is 0 Å². The van der Waals surface area contributed by atoms with Gasteiger partial charge in [0, 0.05) is 11.0 Å². The first kappa shape index (κ1) is 25.9. The number of rotatable bonds is 8. The summed E-state index contributed by atoms with van der Waals surface area (Å²) in [5.74, 6) is 1.18. The molecule has 32 heavy (non-hydrogen) atoms. The lowest BCUT2D eigenvalue weighted by molar-refractivity contribution is -0.148. The second-order valence-electron chi connectivity index (χ2n) is 11.1. The summed E-state index contributed by atoms with van der Waals surface area (Å²) >= 11 is 0. The molecule has 0 radical (unpaired) electrons. The van der Waals surface area contributed by atoms with Crippen molar-refractivity contribution in [1.82, 2.24) is 5.32 Å². The molecule has 2 rings (SSSR count). The van der Waals surface area contributed by atoms with Crippen molar-refractivity contribution >= 4 is 5.97 Å². The van der Waals surface area contributed by atoms with Crippen LogP contribution >= 0.6 is 0 Å². The average Bonchev–Trinajstić information content (AvgIpc) is 2.67. The molecular formula is C28H41NO3. The minimum atomic E-state index is -0.683. The molecule has 0 atom stereocenters. The van der Waals surface area contributed by atoms with Crippen molar-refractivity contribution in [3.8, 4) is 11.5 Å². The molecule has 1 N–H and O–H groups in total. The third kappa shape index (κ3) is 5.92. The van der Waals surface area contributed by atoms with E-state index in [-0.39, 0.29) is 22.5 Å². The molecule has 0 aliphatic carbocycles. The van der Waals surface area contributed by atoms with E-state index in [2.05, 4.69) is 31.3 Å². The second-order valence-corrected chi connectivity index (χ2v) is 11.1. The molecule has 0 bridgehead atoms. The number of benzene rings is 2. The third-order valence-corrected chi connectivity index (χ3v) is 6.48. The van der Waals surface area contributed by atoms with Gasteiger partial charge < -0.3 is 14.8 Å². The number of carbonyl (C=O) groups is 1. The highest BCUT2D eigenvalue weighted by Gasteiger charge is 2.44. The molecule has 2 aromatic rings. The molecule has 0 heterocycles. The Labute approximate surface area is 194 Å². The molecule has 0 spiro atoms. The summed E-state index contributed by atoms with van der Waals surface area (Å²) in [6.07, 6.45) is 0. The Morgan fingerprint density at radius 1 is 0.750 bits per heavy atom. The Kier molecular flexibility index (Phi) is 7.51. The maximum Gasteiger partial charge on any atom is 0.318 e. The van der Waals surface area contributed by atoms with Crippen molar-refractivity contribution < 1.29 is 14.3 Å². The predicted molar refractivity (Wildman–Crippen MR) is 133 cm³/mol. The quantitative estimate of drug-likeness (QED) is 0.376. The van der Waals surface area contributed by atoms with Crippen LogP contribution in [0.4, 0.5) is 0 Å². The van der Waals surface area contributed by atoms with Crippen molar-refractivity contribution in [2.75, 3.05) is 6.54 Å². The zero-order chi connectivity index (χ0) is 24.4. The minimum absolute atomic E-state index is 0.199. The Hall–Kier alpha value is -2.33. The van der Waals surface area contributed by atoms with Crippen LogP contribution in [0.15, 0.2) is 48.5 Å². The van der Waals surface area contributed by atoms with Gasteiger partial charge in [0.2, 0.25) is 0 Å². The molecule has 0 aromatic heterocycles. The van der Waals surface area contributed by atoms with E-state index in [0.29, 0.717) is 5.75 Å². The molecule has 0 saturated heterocycles. The molecule has 176 valence electrons. The van der Waals surface area contributed by atoms with Gasteiger partial charge in [-0.15, -0.1) is 0 Å². The maximum atomic E-state index is 12.9. The molecule has 4 nitrogen and oxygen atoms in total. The van der Waals surface area contributed by atoms with Crippen LogP contribution < -0.4 is 14.8 Å². The first-order chi connectivity index (χ1) is 14.6. The van der Waals surface area contributed by atoms with Gasteiger partial charge in [0.25, 0.3) is 0 Å². The van der Waals surface area contributed by atoms with Crippen LogP contribution in [0, 0.1) is 5.41 Å². The summed E-state index contributed by atoms with van der Waals surface area (Å²) in [4.78, 5) is 12.9. The van der Waals surface area contributed by atoms with Gasteiger partial charge >= 0.3 is 5.97 Å². The lowest BCUT2D eigenvalue weighted by atomic mass is 9.74. The van der Waals surface area contributed by atoms with E-state index in [1.807, 2.05) is 91.8 Å². The molecule has 0 amide bonds. The summed E-state index contributed by atoms with van der Waals surface area (Å²) in [6, 6.07) is 16.1. The minimum Gasteiger partial charge on any atom is -0.488 e. The number of esters is 1. The number of hydrogen-bond acceptors (Lipinski definition) is 4. The van der Waals surface area contributed by atoms with E-state index in [1.165, 1.54) is 5.56 Å². The van der Waals surface area contributed by atoms with Crippen LogP contribution in [0.5, 0.6) is 11.5 Å². The summed E-state index contributed by atoms with van der Waals surface area (Å²) in [7, 11) is 0. The van der Waals surface area contributed by atoms with Gasteiger partial charge in [-0.3, -0.25) is 4.79 Å². The Morgan fingerprint density at radius 2 is 1.19 bits per heavy atom. The molecule has 0 aliphatic heterocycles. The van der Waals surface area contributed by atoms with Gasteiger partial charge in [-0.05, 0) is 90.4 Å². The van der Waals surface area contributed by atoms with Gasteiger partial charge in [-0.2, -0.15) is 0 Å². The highest BCUT2D eigenvalue weighted by molar-refractivity contribution is 5.80. The van der Waals surface area contributed by atoms with Crippen molar-refractivity contribution in [3.05, 3.63) is 59.7 Å². The van der Waals surface area contributed by atoms with Gasteiger partial charge in [-0.1, -0.05) is 45.0 Å². The molecular weight excluding hydrogens is 398 g/mol. The van der Waals surface area contributed by atoms with Crippen LogP contribution in [0.2, 0.25) is 0 Å². The van der Waals surface area contributed by atoms with Crippen molar-refractivity contribution in [2.45, 2.75) is 85.8 Å². The highest BCUT2D eigenvalue weighted by Crippen LogP contribution is 2.35. The fourth-order valence-corrected chi connectivity index (χ4v) is 3.55. The third-order valence-electron chi connectivity index (χ3n) is 6.48. The SMILES string of the molecule is CCNC(C)(C)C(C)(C)C(=O)Oc1ccc(C(C)(C)c2ccc(OC(C)(C)C)cc2)cc1. The second kappa shape index (κ2) is 9.27. The standard InChI is InChI=1S/C28H41NO3/c1-11-29-28(9,10)27(7,8)24(30)31-22-16-12-20(13-17-22)26(5,6)21-14-18-23(19-15-21)32-25(2,3)4/h12-19,29H,11H2,1-10H3. The van der Waals surface area contributed by atoms with E-state index < -0.39 is 5.41 Å². The van der Waals surface area contributed by atoms with Crippen molar-refractivity contribution in [2.24, 2.45) is 5.41 Å². The molecule has 0 aliphatic rings. The monoisotopic (exact) mass is 439 g/mol. The fraction of sp³-hybridized carbons (Fsp3) is 0.536. The van der Waals surface area contributed by atoms with E-state index in [1.54, 1.807) is 0 Å². The summed E-state index contributed by atoms with van der Waals surface area (Å²) in [6.45, 7) is 21.2. The zero-order valence-electron chi connectivity index (χ0n) is 21.6. The zero-order valence-corrected chi connectivity index (χ0v) is 21.6. The number of carbonyl (C=O) groups excluding carboxylic acids is 1. The predicted octanol–water partition coefficient (Wildman–Crippen LogP) is 6.51. The average molecular weight is 440 g/mol. The maximum absolute atomic E-state index is 12.9. The molecule has 0 fully saturated rings. The van der Waals surface area contributed by atoms with Gasteiger partial charge in [0.05, 0.1) is 5.41 Å². The van der Waals surface area contributed by atoms with Crippen LogP contribution in [0.25, 0.3) is 0 Å². The fourth-order valence-electron chi connectivity index (χ4n) is 3.55. The number of ether oxygens (including phenoxy) is 2. The Balaban J connectivity index is 2.16. The molecule has 4 heteroatoms. The van der Waals surface area contributed by atoms with Gasteiger partial charge in [-0.25, -0.2) is 0 Å². The summed E-state index contributed by atoms with van der Waals surface area (Å²) in [5.41, 5.74) is 0.850. The molecule has 0 saturated carbocycles.